The number of hydrogen-bond donors (Lipinski definition) is 1. The average Bonchev–Trinajstić information content (AvgIpc) is 2.70. The van der Waals surface area contributed by atoms with E-state index in [4.69, 9.17) is 55.9 Å². The highest BCUT2D eigenvalue weighted by Crippen LogP contribution is 2.38. The largest absolute Gasteiger partial charge is 0.493 e. The predicted octanol–water partition coefficient (Wildman–Crippen LogP) is 8.26. The monoisotopic (exact) mass is 533 g/mol. The van der Waals surface area contributed by atoms with E-state index >= 15 is 0 Å². The molecule has 29 heavy (non-hydrogen) atoms. The molecule has 0 spiro atoms. The fourth-order valence-corrected chi connectivity index (χ4v) is 3.72. The summed E-state index contributed by atoms with van der Waals surface area (Å²) in [5.41, 5.74) is 2.63. The molecule has 3 nitrogen and oxygen atoms in total. The van der Waals surface area contributed by atoms with Crippen LogP contribution >= 0.6 is 62.3 Å². The van der Waals surface area contributed by atoms with Crippen LogP contribution in [0.3, 0.4) is 0 Å². The lowest BCUT2D eigenvalue weighted by molar-refractivity contribution is 0.281. The van der Waals surface area contributed by atoms with Crippen LogP contribution in [-0.2, 0) is 13.2 Å². The van der Waals surface area contributed by atoms with Gasteiger partial charge in [-0.2, -0.15) is 0 Å². The van der Waals surface area contributed by atoms with Crippen LogP contribution in [0.4, 0.5) is 5.69 Å². The normalized spacial score (nSPS) is 10.7. The van der Waals surface area contributed by atoms with Gasteiger partial charge in [0.1, 0.15) is 6.61 Å². The van der Waals surface area contributed by atoms with E-state index in [-0.39, 0.29) is 0 Å². The molecule has 0 fully saturated rings. The molecule has 0 atom stereocenters. The van der Waals surface area contributed by atoms with Crippen LogP contribution < -0.4 is 14.8 Å². The lowest BCUT2D eigenvalue weighted by atomic mass is 10.1. The Balaban J connectivity index is 1.83. The second-order valence-corrected chi connectivity index (χ2v) is 8.56. The molecule has 0 heterocycles. The third-order valence-electron chi connectivity index (χ3n) is 4.14. The molecule has 152 valence electrons. The summed E-state index contributed by atoms with van der Waals surface area (Å²) in [6.07, 6.45) is 0. The molecule has 0 saturated carbocycles. The van der Waals surface area contributed by atoms with Crippen molar-refractivity contribution in [1.29, 1.82) is 0 Å². The highest BCUT2D eigenvalue weighted by atomic mass is 79.9. The van der Waals surface area contributed by atoms with E-state index < -0.39 is 0 Å². The van der Waals surface area contributed by atoms with Gasteiger partial charge in [-0.15, -0.1) is 0 Å². The van der Waals surface area contributed by atoms with Gasteiger partial charge in [-0.1, -0.05) is 68.4 Å². The van der Waals surface area contributed by atoms with E-state index in [1.807, 2.05) is 24.3 Å². The Morgan fingerprint density at radius 1 is 0.862 bits per heavy atom. The Bertz CT molecular complexity index is 1030. The first kappa shape index (κ1) is 22.4. The number of nitrogens with one attached hydrogen (secondary N) is 1. The summed E-state index contributed by atoms with van der Waals surface area (Å²) in [4.78, 5) is 0. The summed E-state index contributed by atoms with van der Waals surface area (Å²) in [6, 6.07) is 14.5. The molecule has 0 aromatic heterocycles. The van der Waals surface area contributed by atoms with Crippen molar-refractivity contribution in [2.24, 2.45) is 0 Å². The molecule has 0 aliphatic rings. The summed E-state index contributed by atoms with van der Waals surface area (Å²) in [6.45, 7) is 0.788. The minimum Gasteiger partial charge on any atom is -0.493 e. The highest BCUT2D eigenvalue weighted by Gasteiger charge is 2.15. The summed E-state index contributed by atoms with van der Waals surface area (Å²) in [7, 11) is 1.60. The molecular formula is C21H16BrCl4NO2. The van der Waals surface area contributed by atoms with Crippen LogP contribution in [0, 0.1) is 0 Å². The van der Waals surface area contributed by atoms with Crippen molar-refractivity contribution in [3.8, 4) is 11.5 Å². The standard InChI is InChI=1S/C21H16BrCl4NO2/c1-28-20-7-4-15(22)14(10-27-13-3-6-17(24)19(26)9-13)21(20)29-11-12-2-5-16(23)18(25)8-12/h2-9,27H,10-11H2,1H3. The van der Waals surface area contributed by atoms with Gasteiger partial charge in [0.25, 0.3) is 0 Å². The summed E-state index contributed by atoms with van der Waals surface area (Å²) in [5.74, 6) is 1.25. The van der Waals surface area contributed by atoms with Crippen molar-refractivity contribution in [1.82, 2.24) is 0 Å². The van der Waals surface area contributed by atoms with Crippen molar-refractivity contribution in [2.75, 3.05) is 12.4 Å². The van der Waals surface area contributed by atoms with Gasteiger partial charge in [-0.3, -0.25) is 0 Å². The van der Waals surface area contributed by atoms with Gasteiger partial charge in [-0.25, -0.2) is 0 Å². The smallest absolute Gasteiger partial charge is 0.167 e. The van der Waals surface area contributed by atoms with Crippen molar-refractivity contribution < 1.29 is 9.47 Å². The van der Waals surface area contributed by atoms with E-state index in [1.54, 1.807) is 31.4 Å². The van der Waals surface area contributed by atoms with Gasteiger partial charge in [-0.05, 0) is 48.0 Å². The van der Waals surface area contributed by atoms with Gasteiger partial charge in [0.05, 0.1) is 27.2 Å². The van der Waals surface area contributed by atoms with Crippen LogP contribution in [0.1, 0.15) is 11.1 Å². The molecule has 0 bridgehead atoms. The number of rotatable bonds is 7. The first-order chi connectivity index (χ1) is 13.9. The first-order valence-electron chi connectivity index (χ1n) is 8.50. The second-order valence-electron chi connectivity index (χ2n) is 6.08. The zero-order chi connectivity index (χ0) is 21.0. The number of hydrogen-bond acceptors (Lipinski definition) is 3. The van der Waals surface area contributed by atoms with Crippen LogP contribution in [-0.4, -0.2) is 7.11 Å². The fraction of sp³-hybridized carbons (Fsp3) is 0.143. The molecule has 0 unspecified atom stereocenters. The second kappa shape index (κ2) is 10.1. The summed E-state index contributed by atoms with van der Waals surface area (Å²) < 4.78 is 12.5. The Labute approximate surface area is 197 Å². The minimum atomic E-state index is 0.309. The Morgan fingerprint density at radius 2 is 1.55 bits per heavy atom. The van der Waals surface area contributed by atoms with Crippen molar-refractivity contribution >= 4 is 68.0 Å². The quantitative estimate of drug-likeness (QED) is 0.330. The third kappa shape index (κ3) is 5.65. The van der Waals surface area contributed by atoms with E-state index in [1.165, 1.54) is 0 Å². The molecule has 3 aromatic carbocycles. The van der Waals surface area contributed by atoms with Gasteiger partial charge in [0.15, 0.2) is 11.5 Å². The lowest BCUT2D eigenvalue weighted by Gasteiger charge is -2.18. The Morgan fingerprint density at radius 3 is 2.21 bits per heavy atom. The third-order valence-corrected chi connectivity index (χ3v) is 6.36. The Kier molecular flexibility index (Phi) is 7.83. The number of methoxy groups -OCH3 is 1. The molecule has 3 rings (SSSR count). The highest BCUT2D eigenvalue weighted by molar-refractivity contribution is 9.10. The van der Waals surface area contributed by atoms with Crippen LogP contribution in [0.25, 0.3) is 0 Å². The average molecular weight is 536 g/mol. The molecule has 0 radical (unpaired) electrons. The molecule has 3 aromatic rings. The van der Waals surface area contributed by atoms with Gasteiger partial charge in [0.2, 0.25) is 0 Å². The maximum atomic E-state index is 6.11. The summed E-state index contributed by atoms with van der Waals surface area (Å²) >= 11 is 27.8. The molecule has 0 amide bonds. The van der Waals surface area contributed by atoms with Crippen molar-refractivity contribution in [2.45, 2.75) is 13.2 Å². The van der Waals surface area contributed by atoms with Crippen LogP contribution in [0.15, 0.2) is 53.0 Å². The molecule has 0 saturated heterocycles. The maximum Gasteiger partial charge on any atom is 0.167 e. The molecule has 0 aliphatic carbocycles. The number of halogens is 5. The van der Waals surface area contributed by atoms with E-state index in [9.17, 15) is 0 Å². The fourth-order valence-electron chi connectivity index (χ4n) is 2.65. The summed E-state index contributed by atoms with van der Waals surface area (Å²) in [5, 5.41) is 5.30. The molecule has 0 aliphatic heterocycles. The lowest BCUT2D eigenvalue weighted by Crippen LogP contribution is -2.06. The molecular weight excluding hydrogens is 520 g/mol. The topological polar surface area (TPSA) is 30.5 Å². The minimum absolute atomic E-state index is 0.309. The first-order valence-corrected chi connectivity index (χ1v) is 10.8. The van der Waals surface area contributed by atoms with Gasteiger partial charge < -0.3 is 14.8 Å². The van der Waals surface area contributed by atoms with Gasteiger partial charge >= 0.3 is 0 Å². The SMILES string of the molecule is COc1ccc(Br)c(CNc2ccc(Cl)c(Cl)c2)c1OCc1ccc(Cl)c(Cl)c1. The molecule has 1 N–H and O–H groups in total. The zero-order valence-corrected chi connectivity index (χ0v) is 19.8. The molecule has 8 heteroatoms. The Hall–Kier alpha value is -1.30. The van der Waals surface area contributed by atoms with Gasteiger partial charge in [0, 0.05) is 22.3 Å². The number of anilines is 1. The van der Waals surface area contributed by atoms with Crippen molar-refractivity contribution in [3.05, 3.63) is 84.2 Å². The van der Waals surface area contributed by atoms with Crippen LogP contribution in [0.5, 0.6) is 11.5 Å². The van der Waals surface area contributed by atoms with E-state index in [0.717, 1.165) is 21.3 Å². The van der Waals surface area contributed by atoms with Crippen LogP contribution in [0.2, 0.25) is 20.1 Å². The number of ether oxygens (including phenoxy) is 2. The predicted molar refractivity (Wildman–Crippen MR) is 125 cm³/mol. The maximum absolute atomic E-state index is 6.11. The zero-order valence-electron chi connectivity index (χ0n) is 15.2. The van der Waals surface area contributed by atoms with E-state index in [2.05, 4.69) is 21.2 Å². The van der Waals surface area contributed by atoms with E-state index in [0.29, 0.717) is 44.7 Å². The number of benzene rings is 3. The van der Waals surface area contributed by atoms with Crippen molar-refractivity contribution in [3.63, 3.8) is 0 Å².